The average Bonchev–Trinajstić information content (AvgIpc) is 3.68. The maximum Gasteiger partial charge on any atom is 0.140 e. The first-order valence-electron chi connectivity index (χ1n) is 12.4. The molecular formula is C27H33N5O. The fraction of sp³-hybridized carbons (Fsp3) is 0.481. The Morgan fingerprint density at radius 2 is 1.70 bits per heavy atom. The number of para-hydroxylation sites is 1. The van der Waals surface area contributed by atoms with Crippen molar-refractivity contribution in [2.45, 2.75) is 43.9 Å². The molecule has 1 N–H and O–H groups in total. The van der Waals surface area contributed by atoms with Gasteiger partial charge in [-0.2, -0.15) is 0 Å². The highest BCUT2D eigenvalue weighted by Crippen LogP contribution is 2.42. The zero-order chi connectivity index (χ0) is 22.4. The summed E-state index contributed by atoms with van der Waals surface area (Å²) in [7, 11) is 1.90. The summed E-state index contributed by atoms with van der Waals surface area (Å²) < 4.78 is 0. The summed E-state index contributed by atoms with van der Waals surface area (Å²) >= 11 is 0. The van der Waals surface area contributed by atoms with Gasteiger partial charge < -0.3 is 19.8 Å². The van der Waals surface area contributed by atoms with E-state index in [4.69, 9.17) is 9.97 Å². The Hall–Kier alpha value is -2.86. The number of aliphatic hydroxyl groups is 1. The molecule has 1 aliphatic carbocycles. The van der Waals surface area contributed by atoms with Crippen LogP contribution in [0.4, 0.5) is 17.2 Å². The molecule has 0 amide bonds. The Morgan fingerprint density at radius 1 is 0.909 bits per heavy atom. The van der Waals surface area contributed by atoms with Gasteiger partial charge in [0, 0.05) is 55.9 Å². The quantitative estimate of drug-likeness (QED) is 0.567. The van der Waals surface area contributed by atoms with E-state index in [9.17, 15) is 5.11 Å². The molecule has 6 rings (SSSR count). The third-order valence-electron chi connectivity index (χ3n) is 7.64. The molecule has 33 heavy (non-hydrogen) atoms. The van der Waals surface area contributed by atoms with E-state index in [1.807, 2.05) is 18.0 Å². The molecule has 6 heteroatoms. The van der Waals surface area contributed by atoms with Gasteiger partial charge in [-0.3, -0.25) is 0 Å². The van der Waals surface area contributed by atoms with Gasteiger partial charge in [0.25, 0.3) is 0 Å². The fourth-order valence-corrected chi connectivity index (χ4v) is 5.28. The molecule has 3 aromatic rings. The maximum absolute atomic E-state index is 9.61. The molecule has 1 saturated carbocycles. The van der Waals surface area contributed by atoms with Crippen molar-refractivity contribution in [2.75, 3.05) is 54.7 Å². The van der Waals surface area contributed by atoms with Crippen LogP contribution in [0, 0.1) is 0 Å². The number of hydrogen-bond donors (Lipinski definition) is 1. The van der Waals surface area contributed by atoms with Gasteiger partial charge in [-0.05, 0) is 67.9 Å². The Bertz CT molecular complexity index is 1150. The third kappa shape index (κ3) is 3.90. The molecule has 3 fully saturated rings. The number of aromatic nitrogens is 2. The maximum atomic E-state index is 9.61. The predicted octanol–water partition coefficient (Wildman–Crippen LogP) is 4.49. The van der Waals surface area contributed by atoms with Crippen LogP contribution in [0.25, 0.3) is 10.9 Å². The second kappa shape index (κ2) is 8.49. The zero-order valence-corrected chi connectivity index (χ0v) is 19.5. The second-order valence-corrected chi connectivity index (χ2v) is 9.88. The summed E-state index contributed by atoms with van der Waals surface area (Å²) in [5, 5.41) is 10.7. The first-order valence-corrected chi connectivity index (χ1v) is 12.4. The summed E-state index contributed by atoms with van der Waals surface area (Å²) in [5.74, 6) is 3.20. The van der Waals surface area contributed by atoms with Crippen molar-refractivity contribution in [1.82, 2.24) is 9.97 Å². The molecule has 0 unspecified atom stereocenters. The fourth-order valence-electron chi connectivity index (χ4n) is 5.28. The molecule has 3 aliphatic rings. The number of piperidine rings is 1. The van der Waals surface area contributed by atoms with Crippen molar-refractivity contribution >= 4 is 28.1 Å². The highest BCUT2D eigenvalue weighted by molar-refractivity contribution is 5.92. The summed E-state index contributed by atoms with van der Waals surface area (Å²) in [5.41, 5.74) is 4.98. The lowest BCUT2D eigenvalue weighted by atomic mass is 9.87. The minimum absolute atomic E-state index is 0.0102. The molecule has 3 heterocycles. The van der Waals surface area contributed by atoms with Gasteiger partial charge in [0.15, 0.2) is 0 Å². The number of hydrogen-bond acceptors (Lipinski definition) is 6. The van der Waals surface area contributed by atoms with Crippen molar-refractivity contribution in [3.05, 3.63) is 53.9 Å². The lowest BCUT2D eigenvalue weighted by molar-refractivity contribution is 0.298. The number of benzene rings is 2. The Morgan fingerprint density at radius 3 is 2.39 bits per heavy atom. The van der Waals surface area contributed by atoms with E-state index in [1.165, 1.54) is 43.6 Å². The van der Waals surface area contributed by atoms with E-state index < -0.39 is 0 Å². The van der Waals surface area contributed by atoms with Crippen LogP contribution >= 0.6 is 0 Å². The second-order valence-electron chi connectivity index (χ2n) is 9.88. The molecule has 0 spiro atoms. The van der Waals surface area contributed by atoms with Crippen molar-refractivity contribution < 1.29 is 5.11 Å². The third-order valence-corrected chi connectivity index (χ3v) is 7.64. The zero-order valence-electron chi connectivity index (χ0n) is 19.5. The monoisotopic (exact) mass is 443 g/mol. The van der Waals surface area contributed by atoms with Crippen LogP contribution in [0.1, 0.15) is 55.3 Å². The van der Waals surface area contributed by atoms with Crippen molar-refractivity contribution in [1.29, 1.82) is 0 Å². The number of rotatable bonds is 6. The normalized spacial score (nSPS) is 19.1. The number of nitrogens with zero attached hydrogens (tertiary/aromatic N) is 5. The van der Waals surface area contributed by atoms with Gasteiger partial charge in [-0.15, -0.1) is 0 Å². The van der Waals surface area contributed by atoms with E-state index in [2.05, 4.69) is 46.2 Å². The first-order chi connectivity index (χ1) is 16.2. The van der Waals surface area contributed by atoms with E-state index in [0.717, 1.165) is 54.2 Å². The number of aliphatic hydroxyl groups excluding tert-OH is 1. The van der Waals surface area contributed by atoms with Crippen LogP contribution in [-0.2, 0) is 0 Å². The number of anilines is 3. The largest absolute Gasteiger partial charge is 0.376 e. The van der Waals surface area contributed by atoms with E-state index in [1.54, 1.807) is 0 Å². The standard InChI is InChI=1S/C27H33N5O/c1-30(18-33)21-9-10-24-23(17-21)27(29-26(28-24)20-7-8-20)32-15-11-19(12-16-32)22-5-2-3-6-25(22)31-13-4-14-31/h2-3,5-6,9-10,17,19-20,33H,4,7-8,11-16,18H2,1H3. The molecule has 172 valence electrons. The van der Waals surface area contributed by atoms with Crippen LogP contribution in [0.15, 0.2) is 42.5 Å². The smallest absolute Gasteiger partial charge is 0.140 e. The van der Waals surface area contributed by atoms with Crippen molar-refractivity contribution in [3.63, 3.8) is 0 Å². The first kappa shape index (κ1) is 20.7. The Kier molecular flexibility index (Phi) is 5.33. The van der Waals surface area contributed by atoms with Crippen LogP contribution < -0.4 is 14.7 Å². The van der Waals surface area contributed by atoms with Crippen LogP contribution in [-0.4, -0.2) is 55.0 Å². The molecule has 2 saturated heterocycles. The summed E-state index contributed by atoms with van der Waals surface area (Å²) in [6, 6.07) is 15.3. The number of fused-ring (bicyclic) bond motifs is 1. The lowest BCUT2D eigenvalue weighted by Gasteiger charge is -2.39. The van der Waals surface area contributed by atoms with Gasteiger partial charge in [0.05, 0.1) is 5.52 Å². The highest BCUT2D eigenvalue weighted by Gasteiger charge is 2.30. The highest BCUT2D eigenvalue weighted by atomic mass is 16.3. The van der Waals surface area contributed by atoms with Gasteiger partial charge in [0.2, 0.25) is 0 Å². The summed E-state index contributed by atoms with van der Waals surface area (Å²) in [4.78, 5) is 16.9. The molecule has 0 bridgehead atoms. The SMILES string of the molecule is CN(CO)c1ccc2nc(C3CC3)nc(N3CCC(c4ccccc4N4CCC4)CC3)c2c1. The van der Waals surface area contributed by atoms with Gasteiger partial charge >= 0.3 is 0 Å². The average molecular weight is 444 g/mol. The van der Waals surface area contributed by atoms with E-state index in [0.29, 0.717) is 11.8 Å². The molecule has 2 aliphatic heterocycles. The molecule has 6 nitrogen and oxygen atoms in total. The van der Waals surface area contributed by atoms with E-state index in [-0.39, 0.29) is 6.73 Å². The van der Waals surface area contributed by atoms with Crippen molar-refractivity contribution in [3.8, 4) is 0 Å². The molecular weight excluding hydrogens is 410 g/mol. The Labute approximate surface area is 195 Å². The summed E-state index contributed by atoms with van der Waals surface area (Å²) in [6.45, 7) is 4.39. The molecule has 0 radical (unpaired) electrons. The van der Waals surface area contributed by atoms with Crippen LogP contribution in [0.3, 0.4) is 0 Å². The summed E-state index contributed by atoms with van der Waals surface area (Å²) in [6.07, 6.45) is 6.00. The molecule has 2 aromatic carbocycles. The topological polar surface area (TPSA) is 55.7 Å². The van der Waals surface area contributed by atoms with Gasteiger partial charge in [-0.25, -0.2) is 9.97 Å². The van der Waals surface area contributed by atoms with Crippen LogP contribution in [0.2, 0.25) is 0 Å². The molecule has 1 aromatic heterocycles. The van der Waals surface area contributed by atoms with E-state index >= 15 is 0 Å². The van der Waals surface area contributed by atoms with Gasteiger partial charge in [0.1, 0.15) is 18.4 Å². The van der Waals surface area contributed by atoms with Crippen LogP contribution in [0.5, 0.6) is 0 Å². The van der Waals surface area contributed by atoms with Gasteiger partial charge in [-0.1, -0.05) is 18.2 Å². The van der Waals surface area contributed by atoms with Crippen molar-refractivity contribution in [2.24, 2.45) is 0 Å². The lowest BCUT2D eigenvalue weighted by Crippen LogP contribution is -2.39. The Balaban J connectivity index is 1.29. The molecule has 0 atom stereocenters. The minimum Gasteiger partial charge on any atom is -0.376 e. The minimum atomic E-state index is -0.0102. The predicted molar refractivity (Wildman–Crippen MR) is 134 cm³/mol.